The maximum Gasteiger partial charge on any atom is 0.238 e. The molecule has 0 bridgehead atoms. The Hall–Kier alpha value is -2.06. The first-order valence-electron chi connectivity index (χ1n) is 8.38. The summed E-state index contributed by atoms with van der Waals surface area (Å²) in [5, 5.41) is 13.1. The van der Waals surface area contributed by atoms with E-state index >= 15 is 0 Å². The van der Waals surface area contributed by atoms with Crippen molar-refractivity contribution in [2.75, 3.05) is 42.9 Å². The zero-order valence-electron chi connectivity index (χ0n) is 14.4. The summed E-state index contributed by atoms with van der Waals surface area (Å²) in [7, 11) is 0. The number of hydrogen-bond donors (Lipinski definition) is 1. The standard InChI is InChI=1S/C17H22FN5OS/c1-12(2)16-20-21-17(25-16)23-9-7-22(8-10-23)11-15(24)19-14-6-4-3-5-13(14)18/h3-6,12H,7-11H2,1-2H3,(H,19,24). The van der Waals surface area contributed by atoms with E-state index in [2.05, 4.69) is 39.2 Å². The van der Waals surface area contributed by atoms with Gasteiger partial charge in [0.25, 0.3) is 0 Å². The average molecular weight is 363 g/mol. The monoisotopic (exact) mass is 363 g/mol. The predicted molar refractivity (Wildman–Crippen MR) is 97.7 cm³/mol. The molecule has 8 heteroatoms. The van der Waals surface area contributed by atoms with Gasteiger partial charge in [-0.15, -0.1) is 10.2 Å². The Morgan fingerprint density at radius 2 is 1.96 bits per heavy atom. The number of nitrogens with one attached hydrogen (secondary N) is 1. The molecular weight excluding hydrogens is 341 g/mol. The van der Waals surface area contributed by atoms with Gasteiger partial charge in [-0.05, 0) is 12.1 Å². The highest BCUT2D eigenvalue weighted by Crippen LogP contribution is 2.26. The maximum absolute atomic E-state index is 13.6. The van der Waals surface area contributed by atoms with Gasteiger partial charge in [-0.2, -0.15) is 0 Å². The molecule has 0 atom stereocenters. The molecule has 134 valence electrons. The number of piperazine rings is 1. The van der Waals surface area contributed by atoms with Crippen LogP contribution in [0.3, 0.4) is 0 Å². The molecule has 1 fully saturated rings. The van der Waals surface area contributed by atoms with Gasteiger partial charge in [0.2, 0.25) is 11.0 Å². The van der Waals surface area contributed by atoms with Crippen molar-refractivity contribution in [1.82, 2.24) is 15.1 Å². The van der Waals surface area contributed by atoms with E-state index in [1.807, 2.05) is 0 Å². The molecule has 1 aromatic carbocycles. The largest absolute Gasteiger partial charge is 0.344 e. The lowest BCUT2D eigenvalue weighted by Gasteiger charge is -2.33. The molecule has 1 N–H and O–H groups in total. The molecule has 1 aliphatic heterocycles. The molecule has 0 radical (unpaired) electrons. The number of carbonyl (C=O) groups excluding carboxylic acids is 1. The van der Waals surface area contributed by atoms with Crippen LogP contribution in [-0.4, -0.2) is 53.7 Å². The van der Waals surface area contributed by atoms with Crippen LogP contribution in [0.4, 0.5) is 15.2 Å². The van der Waals surface area contributed by atoms with Crippen LogP contribution in [0.15, 0.2) is 24.3 Å². The number of hydrogen-bond acceptors (Lipinski definition) is 6. The number of carbonyl (C=O) groups is 1. The summed E-state index contributed by atoms with van der Waals surface area (Å²) in [6.07, 6.45) is 0. The number of halogens is 1. The SMILES string of the molecule is CC(C)c1nnc(N2CCN(CC(=O)Nc3ccccc3F)CC2)s1. The topological polar surface area (TPSA) is 61.4 Å². The van der Waals surface area contributed by atoms with Crippen molar-refractivity contribution in [3.05, 3.63) is 35.1 Å². The molecule has 0 saturated carbocycles. The van der Waals surface area contributed by atoms with Crippen molar-refractivity contribution < 1.29 is 9.18 Å². The zero-order chi connectivity index (χ0) is 17.8. The number of benzene rings is 1. The van der Waals surface area contributed by atoms with Gasteiger partial charge in [0.05, 0.1) is 12.2 Å². The first kappa shape index (κ1) is 17.8. The molecule has 1 saturated heterocycles. The summed E-state index contributed by atoms with van der Waals surface area (Å²) >= 11 is 1.63. The van der Waals surface area contributed by atoms with Crippen molar-refractivity contribution in [3.63, 3.8) is 0 Å². The molecule has 0 unspecified atom stereocenters. The van der Waals surface area contributed by atoms with Crippen LogP contribution in [0.2, 0.25) is 0 Å². The number of aromatic nitrogens is 2. The predicted octanol–water partition coefficient (Wildman–Crippen LogP) is 2.56. The number of amides is 1. The second-order valence-electron chi connectivity index (χ2n) is 6.37. The number of para-hydroxylation sites is 1. The Morgan fingerprint density at radius 3 is 2.60 bits per heavy atom. The van der Waals surface area contributed by atoms with Crippen molar-refractivity contribution in [2.24, 2.45) is 0 Å². The lowest BCUT2D eigenvalue weighted by molar-refractivity contribution is -0.117. The van der Waals surface area contributed by atoms with Gasteiger partial charge in [-0.3, -0.25) is 9.69 Å². The minimum absolute atomic E-state index is 0.198. The molecule has 1 amide bonds. The summed E-state index contributed by atoms with van der Waals surface area (Å²) < 4.78 is 13.6. The number of nitrogens with zero attached hydrogens (tertiary/aromatic N) is 4. The molecule has 2 aromatic rings. The Kier molecular flexibility index (Phi) is 5.60. The second-order valence-corrected chi connectivity index (χ2v) is 7.36. The third-order valence-electron chi connectivity index (χ3n) is 4.08. The van der Waals surface area contributed by atoms with Crippen LogP contribution in [-0.2, 0) is 4.79 Å². The van der Waals surface area contributed by atoms with E-state index in [1.54, 1.807) is 29.5 Å². The van der Waals surface area contributed by atoms with Gasteiger partial charge in [-0.1, -0.05) is 37.3 Å². The van der Waals surface area contributed by atoms with Crippen molar-refractivity contribution in [2.45, 2.75) is 19.8 Å². The Balaban J connectivity index is 1.49. The lowest BCUT2D eigenvalue weighted by Crippen LogP contribution is -2.48. The summed E-state index contributed by atoms with van der Waals surface area (Å²) in [4.78, 5) is 16.4. The Morgan fingerprint density at radius 1 is 1.24 bits per heavy atom. The quantitative estimate of drug-likeness (QED) is 0.885. The van der Waals surface area contributed by atoms with Crippen LogP contribution in [0.5, 0.6) is 0 Å². The lowest BCUT2D eigenvalue weighted by atomic mass is 10.2. The highest BCUT2D eigenvalue weighted by molar-refractivity contribution is 7.15. The van der Waals surface area contributed by atoms with E-state index < -0.39 is 5.82 Å². The highest BCUT2D eigenvalue weighted by Gasteiger charge is 2.22. The molecule has 6 nitrogen and oxygen atoms in total. The molecule has 1 aliphatic rings. The van der Waals surface area contributed by atoms with E-state index in [4.69, 9.17) is 0 Å². The zero-order valence-corrected chi connectivity index (χ0v) is 15.2. The molecule has 0 spiro atoms. The molecule has 25 heavy (non-hydrogen) atoms. The summed E-state index contributed by atoms with van der Waals surface area (Å²) in [5.74, 6) is -0.232. The van der Waals surface area contributed by atoms with Crippen LogP contribution in [0.25, 0.3) is 0 Å². The van der Waals surface area contributed by atoms with E-state index in [0.717, 1.165) is 36.3 Å². The minimum atomic E-state index is -0.419. The maximum atomic E-state index is 13.6. The van der Waals surface area contributed by atoms with Crippen molar-refractivity contribution >= 4 is 28.1 Å². The van der Waals surface area contributed by atoms with Crippen molar-refractivity contribution in [3.8, 4) is 0 Å². The van der Waals surface area contributed by atoms with E-state index in [9.17, 15) is 9.18 Å². The minimum Gasteiger partial charge on any atom is -0.344 e. The van der Waals surface area contributed by atoms with Crippen LogP contribution < -0.4 is 10.2 Å². The van der Waals surface area contributed by atoms with Gasteiger partial charge in [0.15, 0.2) is 0 Å². The molecule has 1 aromatic heterocycles. The van der Waals surface area contributed by atoms with Gasteiger partial charge in [-0.25, -0.2) is 4.39 Å². The Labute approximate surface area is 150 Å². The third-order valence-corrected chi connectivity index (χ3v) is 5.37. The van der Waals surface area contributed by atoms with Crippen LogP contribution in [0.1, 0.15) is 24.8 Å². The summed E-state index contributed by atoms with van der Waals surface area (Å²) in [6, 6.07) is 6.20. The average Bonchev–Trinajstić information content (AvgIpc) is 3.08. The first-order valence-corrected chi connectivity index (χ1v) is 9.19. The summed E-state index contributed by atoms with van der Waals surface area (Å²) in [5.41, 5.74) is 0.223. The fourth-order valence-corrected chi connectivity index (χ4v) is 3.54. The smallest absolute Gasteiger partial charge is 0.238 e. The number of rotatable bonds is 5. The highest BCUT2D eigenvalue weighted by atomic mass is 32.1. The molecule has 3 rings (SSSR count). The Bertz CT molecular complexity index is 727. The molecular formula is C17H22FN5OS. The van der Waals surface area contributed by atoms with Gasteiger partial charge < -0.3 is 10.2 Å². The van der Waals surface area contributed by atoms with Gasteiger partial charge in [0, 0.05) is 32.1 Å². The normalized spacial score (nSPS) is 15.6. The summed E-state index contributed by atoms with van der Waals surface area (Å²) in [6.45, 7) is 7.62. The first-order chi connectivity index (χ1) is 12.0. The van der Waals surface area contributed by atoms with Crippen molar-refractivity contribution in [1.29, 1.82) is 0 Å². The van der Waals surface area contributed by atoms with E-state index in [0.29, 0.717) is 5.92 Å². The molecule has 2 heterocycles. The molecule has 0 aliphatic carbocycles. The van der Waals surface area contributed by atoms with E-state index in [-0.39, 0.29) is 18.1 Å². The third kappa shape index (κ3) is 4.52. The van der Waals surface area contributed by atoms with E-state index in [1.165, 1.54) is 6.07 Å². The van der Waals surface area contributed by atoms with Gasteiger partial charge >= 0.3 is 0 Å². The second kappa shape index (κ2) is 7.88. The van der Waals surface area contributed by atoms with Crippen LogP contribution in [0, 0.1) is 5.82 Å². The fraction of sp³-hybridized carbons (Fsp3) is 0.471. The van der Waals surface area contributed by atoms with Gasteiger partial charge in [0.1, 0.15) is 10.8 Å². The fourth-order valence-electron chi connectivity index (χ4n) is 2.64. The number of anilines is 2. The van der Waals surface area contributed by atoms with Crippen LogP contribution >= 0.6 is 11.3 Å².